The maximum Gasteiger partial charge on any atom is 0.254 e. The Morgan fingerprint density at radius 2 is 1.81 bits per heavy atom. The van der Waals surface area contributed by atoms with Gasteiger partial charge in [-0.2, -0.15) is 0 Å². The lowest BCUT2D eigenvalue weighted by Crippen LogP contribution is -2.33. The van der Waals surface area contributed by atoms with E-state index in [1.54, 1.807) is 6.07 Å². The van der Waals surface area contributed by atoms with Crippen LogP contribution in [0.5, 0.6) is 0 Å². The van der Waals surface area contributed by atoms with Crippen LogP contribution in [0.3, 0.4) is 0 Å². The monoisotopic (exact) mass is 381 g/mol. The van der Waals surface area contributed by atoms with Gasteiger partial charge >= 0.3 is 0 Å². The standard InChI is InChI=1S/C21H20ClN3O2/c1-2-17-12-20(27)25(21(24-17)15-8-4-3-5-9-15)14-19(26)23-13-16-10-6-7-11-18(16)22/h3-12H,2,13-14H2,1H3,(H,23,26). The summed E-state index contributed by atoms with van der Waals surface area (Å²) in [5, 5.41) is 3.40. The fraction of sp³-hybridized carbons (Fsp3) is 0.190. The Morgan fingerprint density at radius 3 is 2.52 bits per heavy atom. The molecule has 0 aliphatic rings. The van der Waals surface area contributed by atoms with Crippen molar-refractivity contribution in [1.29, 1.82) is 0 Å². The zero-order valence-corrected chi connectivity index (χ0v) is 15.7. The minimum Gasteiger partial charge on any atom is -0.350 e. The second-order valence-electron chi connectivity index (χ2n) is 6.08. The number of halogens is 1. The lowest BCUT2D eigenvalue weighted by atomic mass is 10.2. The summed E-state index contributed by atoms with van der Waals surface area (Å²) in [6.45, 7) is 2.14. The Balaban J connectivity index is 1.84. The second kappa shape index (κ2) is 8.64. The number of benzene rings is 2. The average molecular weight is 382 g/mol. The van der Waals surface area contributed by atoms with Crippen LogP contribution in [-0.2, 0) is 24.3 Å². The van der Waals surface area contributed by atoms with Crippen LogP contribution >= 0.6 is 11.6 Å². The molecule has 0 atom stereocenters. The van der Waals surface area contributed by atoms with Crippen molar-refractivity contribution in [3.63, 3.8) is 0 Å². The van der Waals surface area contributed by atoms with Crippen LogP contribution in [0.4, 0.5) is 0 Å². The summed E-state index contributed by atoms with van der Waals surface area (Å²) >= 11 is 6.12. The second-order valence-corrected chi connectivity index (χ2v) is 6.49. The molecule has 6 heteroatoms. The summed E-state index contributed by atoms with van der Waals surface area (Å²) in [5.41, 5.74) is 2.08. The van der Waals surface area contributed by atoms with Crippen LogP contribution < -0.4 is 10.9 Å². The fourth-order valence-electron chi connectivity index (χ4n) is 2.73. The molecule has 0 saturated heterocycles. The molecular formula is C21H20ClN3O2. The van der Waals surface area contributed by atoms with E-state index >= 15 is 0 Å². The third-order valence-electron chi connectivity index (χ3n) is 4.19. The molecule has 0 unspecified atom stereocenters. The van der Waals surface area contributed by atoms with Gasteiger partial charge in [-0.05, 0) is 18.1 Å². The van der Waals surface area contributed by atoms with E-state index in [9.17, 15) is 9.59 Å². The van der Waals surface area contributed by atoms with Gasteiger partial charge in [0, 0.05) is 28.9 Å². The van der Waals surface area contributed by atoms with E-state index < -0.39 is 0 Å². The lowest BCUT2D eigenvalue weighted by Gasteiger charge is -2.14. The topological polar surface area (TPSA) is 64.0 Å². The van der Waals surface area contributed by atoms with Gasteiger partial charge in [-0.25, -0.2) is 4.98 Å². The van der Waals surface area contributed by atoms with E-state index in [0.29, 0.717) is 29.5 Å². The number of aromatic nitrogens is 2. The summed E-state index contributed by atoms with van der Waals surface area (Å²) in [6.07, 6.45) is 0.647. The number of carbonyl (C=O) groups excluding carboxylic acids is 1. The van der Waals surface area contributed by atoms with E-state index in [2.05, 4.69) is 10.3 Å². The molecule has 2 aromatic carbocycles. The van der Waals surface area contributed by atoms with Crippen LogP contribution in [0.15, 0.2) is 65.5 Å². The van der Waals surface area contributed by atoms with Crippen molar-refractivity contribution in [1.82, 2.24) is 14.9 Å². The molecule has 0 spiro atoms. The Labute approximate surface area is 162 Å². The highest BCUT2D eigenvalue weighted by molar-refractivity contribution is 6.31. The minimum atomic E-state index is -0.278. The highest BCUT2D eigenvalue weighted by Gasteiger charge is 2.13. The molecule has 0 saturated carbocycles. The molecule has 1 aromatic heterocycles. The van der Waals surface area contributed by atoms with Crippen molar-refractivity contribution >= 4 is 17.5 Å². The van der Waals surface area contributed by atoms with Crippen molar-refractivity contribution in [3.8, 4) is 11.4 Å². The molecule has 1 amide bonds. The Kier molecular flexibility index (Phi) is 6.04. The number of aryl methyl sites for hydroxylation is 1. The molecule has 0 aliphatic heterocycles. The summed E-state index contributed by atoms with van der Waals surface area (Å²) in [6, 6.07) is 18.2. The number of hydrogen-bond acceptors (Lipinski definition) is 3. The Bertz CT molecular complexity index is 1000. The number of nitrogens with one attached hydrogen (secondary N) is 1. The van der Waals surface area contributed by atoms with Crippen LogP contribution in [-0.4, -0.2) is 15.5 Å². The molecule has 5 nitrogen and oxygen atoms in total. The van der Waals surface area contributed by atoms with Gasteiger partial charge in [0.2, 0.25) is 5.91 Å². The molecule has 138 valence electrons. The smallest absolute Gasteiger partial charge is 0.254 e. The molecule has 27 heavy (non-hydrogen) atoms. The summed E-state index contributed by atoms with van der Waals surface area (Å²) in [4.78, 5) is 29.6. The summed E-state index contributed by atoms with van der Waals surface area (Å²) in [7, 11) is 0. The van der Waals surface area contributed by atoms with Gasteiger partial charge in [-0.3, -0.25) is 14.2 Å². The van der Waals surface area contributed by atoms with Gasteiger partial charge < -0.3 is 5.32 Å². The molecule has 1 N–H and O–H groups in total. The molecule has 0 radical (unpaired) electrons. The normalized spacial score (nSPS) is 10.6. The third kappa shape index (κ3) is 4.63. The summed E-state index contributed by atoms with van der Waals surface area (Å²) in [5.74, 6) is 0.216. The van der Waals surface area contributed by atoms with Crippen molar-refractivity contribution < 1.29 is 4.79 Å². The Morgan fingerprint density at radius 1 is 1.11 bits per heavy atom. The van der Waals surface area contributed by atoms with Gasteiger partial charge in [-0.1, -0.05) is 67.1 Å². The van der Waals surface area contributed by atoms with Crippen LogP contribution in [0.2, 0.25) is 5.02 Å². The zero-order valence-electron chi connectivity index (χ0n) is 15.0. The highest BCUT2D eigenvalue weighted by atomic mass is 35.5. The van der Waals surface area contributed by atoms with Gasteiger partial charge in [0.15, 0.2) is 0 Å². The average Bonchev–Trinajstić information content (AvgIpc) is 2.69. The minimum absolute atomic E-state index is 0.107. The van der Waals surface area contributed by atoms with E-state index in [-0.39, 0.29) is 18.0 Å². The third-order valence-corrected chi connectivity index (χ3v) is 4.56. The molecule has 3 rings (SSSR count). The van der Waals surface area contributed by atoms with Crippen LogP contribution in [0, 0.1) is 0 Å². The molecule has 3 aromatic rings. The molecule has 0 bridgehead atoms. The summed E-state index contributed by atoms with van der Waals surface area (Å²) < 4.78 is 1.40. The molecule has 0 aliphatic carbocycles. The van der Waals surface area contributed by atoms with Crippen LogP contribution in [0.1, 0.15) is 18.2 Å². The largest absolute Gasteiger partial charge is 0.350 e. The predicted octanol–water partition coefficient (Wildman–Crippen LogP) is 3.44. The first-order valence-corrected chi connectivity index (χ1v) is 9.12. The first-order valence-electron chi connectivity index (χ1n) is 8.74. The van der Waals surface area contributed by atoms with Crippen molar-refractivity contribution in [2.75, 3.05) is 0 Å². The van der Waals surface area contributed by atoms with Gasteiger partial charge in [0.1, 0.15) is 12.4 Å². The zero-order chi connectivity index (χ0) is 19.2. The van der Waals surface area contributed by atoms with Crippen molar-refractivity contribution in [2.24, 2.45) is 0 Å². The maximum absolute atomic E-state index is 12.6. The molecular weight excluding hydrogens is 362 g/mol. The van der Waals surface area contributed by atoms with E-state index in [4.69, 9.17) is 11.6 Å². The first kappa shape index (κ1) is 18.9. The van der Waals surface area contributed by atoms with E-state index in [1.807, 2.05) is 55.5 Å². The lowest BCUT2D eigenvalue weighted by molar-refractivity contribution is -0.121. The van der Waals surface area contributed by atoms with Crippen molar-refractivity contribution in [2.45, 2.75) is 26.4 Å². The first-order chi connectivity index (χ1) is 13.1. The van der Waals surface area contributed by atoms with E-state index in [0.717, 1.165) is 11.1 Å². The maximum atomic E-state index is 12.6. The van der Waals surface area contributed by atoms with Gasteiger partial charge in [0.25, 0.3) is 5.56 Å². The van der Waals surface area contributed by atoms with Crippen LogP contribution in [0.25, 0.3) is 11.4 Å². The van der Waals surface area contributed by atoms with Gasteiger partial charge in [0.05, 0.1) is 0 Å². The number of rotatable bonds is 6. The van der Waals surface area contributed by atoms with Gasteiger partial charge in [-0.15, -0.1) is 0 Å². The number of carbonyl (C=O) groups is 1. The highest BCUT2D eigenvalue weighted by Crippen LogP contribution is 2.16. The molecule has 1 heterocycles. The number of amides is 1. The predicted molar refractivity (Wildman–Crippen MR) is 107 cm³/mol. The number of nitrogens with zero attached hydrogens (tertiary/aromatic N) is 2. The fourth-order valence-corrected chi connectivity index (χ4v) is 2.93. The number of hydrogen-bond donors (Lipinski definition) is 1. The quantitative estimate of drug-likeness (QED) is 0.711. The van der Waals surface area contributed by atoms with E-state index in [1.165, 1.54) is 10.6 Å². The molecule has 0 fully saturated rings. The Hall–Kier alpha value is -2.92. The van der Waals surface area contributed by atoms with Crippen molar-refractivity contribution in [3.05, 3.63) is 87.3 Å². The SMILES string of the molecule is CCc1cc(=O)n(CC(=O)NCc2ccccc2Cl)c(-c2ccccc2)n1.